The Bertz CT molecular complexity index is 431. The van der Waals surface area contributed by atoms with Crippen LogP contribution in [-0.2, 0) is 11.2 Å². The maximum absolute atomic E-state index is 13.0. The molecule has 1 amide bonds. The highest BCUT2D eigenvalue weighted by atomic mass is 35.5. The molecule has 0 radical (unpaired) electrons. The zero-order chi connectivity index (χ0) is 13.7. The molecule has 0 aromatic heterocycles. The highest BCUT2D eigenvalue weighted by Crippen LogP contribution is 2.12. The van der Waals surface area contributed by atoms with Crippen molar-refractivity contribution in [3.8, 4) is 0 Å². The van der Waals surface area contributed by atoms with Gasteiger partial charge < -0.3 is 10.6 Å². The van der Waals surface area contributed by atoms with Gasteiger partial charge in [0.2, 0.25) is 5.91 Å². The van der Waals surface area contributed by atoms with E-state index < -0.39 is 11.6 Å². The molecule has 0 spiro atoms. The van der Waals surface area contributed by atoms with E-state index in [1.165, 1.54) is 12.1 Å². The Labute approximate surface area is 123 Å². The number of carbonyl (C=O) groups excluding carboxylic acids is 1. The lowest BCUT2D eigenvalue weighted by Gasteiger charge is -2.09. The molecule has 3 nitrogen and oxygen atoms in total. The lowest BCUT2D eigenvalue weighted by Crippen LogP contribution is -2.28. The summed E-state index contributed by atoms with van der Waals surface area (Å²) < 4.78 is 25.9. The van der Waals surface area contributed by atoms with Gasteiger partial charge in [0.05, 0.1) is 0 Å². The summed E-state index contributed by atoms with van der Waals surface area (Å²) in [5.74, 6) is -0.756. The molecule has 6 heteroatoms. The number of hydrogen-bond acceptors (Lipinski definition) is 2. The second kappa shape index (κ2) is 8.17. The number of nitrogens with one attached hydrogen (secondary N) is 2. The van der Waals surface area contributed by atoms with Gasteiger partial charge >= 0.3 is 0 Å². The number of rotatable bonds is 5. The van der Waals surface area contributed by atoms with Crippen molar-refractivity contribution in [3.63, 3.8) is 0 Å². The standard InChI is InChI=1S/C14H18F2N2O.ClH/c15-12-5-10(6-13(16)8-12)2-4-18-14(19)7-11-1-3-17-9-11;/h5-6,8,11,17H,1-4,7,9H2,(H,18,19);1H. The molecule has 1 aromatic carbocycles. The molecule has 2 rings (SSSR count). The molecule has 112 valence electrons. The Morgan fingerprint density at radius 2 is 2.00 bits per heavy atom. The van der Waals surface area contributed by atoms with E-state index in [9.17, 15) is 13.6 Å². The summed E-state index contributed by atoms with van der Waals surface area (Å²) in [5, 5.41) is 5.99. The molecule has 0 aliphatic carbocycles. The van der Waals surface area contributed by atoms with Crippen molar-refractivity contribution < 1.29 is 13.6 Å². The molecule has 1 heterocycles. The molecule has 1 fully saturated rings. The first kappa shape index (κ1) is 16.9. The summed E-state index contributed by atoms with van der Waals surface area (Å²) in [5.41, 5.74) is 0.556. The SMILES string of the molecule is Cl.O=C(CC1CCNC1)NCCc1cc(F)cc(F)c1. The molecule has 0 saturated carbocycles. The summed E-state index contributed by atoms with van der Waals surface area (Å²) in [6, 6.07) is 3.42. The van der Waals surface area contributed by atoms with Crippen LogP contribution in [0.5, 0.6) is 0 Å². The zero-order valence-corrected chi connectivity index (χ0v) is 11.9. The highest BCUT2D eigenvalue weighted by molar-refractivity contribution is 5.85. The average Bonchev–Trinajstić information content (AvgIpc) is 2.80. The fourth-order valence-corrected chi connectivity index (χ4v) is 2.32. The number of halogens is 3. The molecule has 1 atom stereocenters. The van der Waals surface area contributed by atoms with Crippen LogP contribution in [0.4, 0.5) is 8.78 Å². The van der Waals surface area contributed by atoms with Gasteiger partial charge in [-0.2, -0.15) is 0 Å². The van der Waals surface area contributed by atoms with Crippen molar-refractivity contribution in [1.82, 2.24) is 10.6 Å². The predicted molar refractivity (Wildman–Crippen MR) is 75.9 cm³/mol. The molecule has 2 N–H and O–H groups in total. The van der Waals surface area contributed by atoms with Gasteiger partial charge in [-0.1, -0.05) is 0 Å². The van der Waals surface area contributed by atoms with E-state index in [1.54, 1.807) is 0 Å². The predicted octanol–water partition coefficient (Wildman–Crippen LogP) is 2.04. The Morgan fingerprint density at radius 1 is 1.30 bits per heavy atom. The number of carbonyl (C=O) groups is 1. The smallest absolute Gasteiger partial charge is 0.220 e. The topological polar surface area (TPSA) is 41.1 Å². The number of hydrogen-bond donors (Lipinski definition) is 2. The van der Waals surface area contributed by atoms with Gasteiger partial charge in [0.15, 0.2) is 0 Å². The monoisotopic (exact) mass is 304 g/mol. The Hall–Kier alpha value is -1.20. The Balaban J connectivity index is 0.00000200. The van der Waals surface area contributed by atoms with Gasteiger partial charge in [-0.3, -0.25) is 4.79 Å². The summed E-state index contributed by atoms with van der Waals surface area (Å²) in [6.07, 6.45) is 1.98. The van der Waals surface area contributed by atoms with E-state index >= 15 is 0 Å². The highest BCUT2D eigenvalue weighted by Gasteiger charge is 2.17. The quantitative estimate of drug-likeness (QED) is 0.874. The summed E-state index contributed by atoms with van der Waals surface area (Å²) in [4.78, 5) is 11.6. The third kappa shape index (κ3) is 5.43. The maximum atomic E-state index is 13.0. The van der Waals surface area contributed by atoms with E-state index in [2.05, 4.69) is 10.6 Å². The van der Waals surface area contributed by atoms with E-state index in [0.29, 0.717) is 30.9 Å². The maximum Gasteiger partial charge on any atom is 0.220 e. The van der Waals surface area contributed by atoms with E-state index in [0.717, 1.165) is 25.6 Å². The molecule has 20 heavy (non-hydrogen) atoms. The third-order valence-electron chi connectivity index (χ3n) is 3.29. The molecule has 1 aliphatic rings. The molecular weight excluding hydrogens is 286 g/mol. The van der Waals surface area contributed by atoms with Gasteiger partial charge in [-0.05, 0) is 49.5 Å². The van der Waals surface area contributed by atoms with E-state index in [-0.39, 0.29) is 18.3 Å². The van der Waals surface area contributed by atoms with Crippen molar-refractivity contribution in [2.45, 2.75) is 19.3 Å². The minimum absolute atomic E-state index is 0. The molecule has 1 unspecified atom stereocenters. The summed E-state index contributed by atoms with van der Waals surface area (Å²) in [7, 11) is 0. The minimum atomic E-state index is -0.585. The fraction of sp³-hybridized carbons (Fsp3) is 0.500. The minimum Gasteiger partial charge on any atom is -0.356 e. The van der Waals surface area contributed by atoms with Crippen LogP contribution in [-0.4, -0.2) is 25.5 Å². The molecular formula is C14H19ClF2N2O. The second-order valence-electron chi connectivity index (χ2n) is 4.94. The van der Waals surface area contributed by atoms with E-state index in [1.807, 2.05) is 0 Å². The third-order valence-corrected chi connectivity index (χ3v) is 3.29. The van der Waals surface area contributed by atoms with Crippen LogP contribution >= 0.6 is 12.4 Å². The van der Waals surface area contributed by atoms with Crippen LogP contribution in [0, 0.1) is 17.6 Å². The summed E-state index contributed by atoms with van der Waals surface area (Å²) in [6.45, 7) is 2.27. The van der Waals surface area contributed by atoms with Crippen molar-refractivity contribution in [1.29, 1.82) is 0 Å². The van der Waals surface area contributed by atoms with Gasteiger partial charge in [0, 0.05) is 19.0 Å². The first-order valence-electron chi connectivity index (χ1n) is 6.56. The molecule has 1 saturated heterocycles. The van der Waals surface area contributed by atoms with Crippen LogP contribution < -0.4 is 10.6 Å². The normalized spacial score (nSPS) is 17.6. The number of benzene rings is 1. The lowest BCUT2D eigenvalue weighted by molar-refractivity contribution is -0.121. The summed E-state index contributed by atoms with van der Waals surface area (Å²) >= 11 is 0. The Morgan fingerprint density at radius 3 is 2.60 bits per heavy atom. The van der Waals surface area contributed by atoms with Gasteiger partial charge in [0.25, 0.3) is 0 Å². The van der Waals surface area contributed by atoms with Crippen LogP contribution in [0.15, 0.2) is 18.2 Å². The second-order valence-corrected chi connectivity index (χ2v) is 4.94. The van der Waals surface area contributed by atoms with E-state index in [4.69, 9.17) is 0 Å². The largest absolute Gasteiger partial charge is 0.356 e. The number of amides is 1. The first-order chi connectivity index (χ1) is 9.13. The van der Waals surface area contributed by atoms with Crippen LogP contribution in [0.3, 0.4) is 0 Å². The fourth-order valence-electron chi connectivity index (χ4n) is 2.32. The molecule has 0 bridgehead atoms. The molecule has 1 aromatic rings. The first-order valence-corrected chi connectivity index (χ1v) is 6.56. The Kier molecular flexibility index (Phi) is 6.88. The average molecular weight is 305 g/mol. The van der Waals surface area contributed by atoms with Gasteiger partial charge in [-0.25, -0.2) is 8.78 Å². The van der Waals surface area contributed by atoms with Crippen molar-refractivity contribution in [3.05, 3.63) is 35.4 Å². The van der Waals surface area contributed by atoms with Crippen LogP contribution in [0.1, 0.15) is 18.4 Å². The van der Waals surface area contributed by atoms with Crippen LogP contribution in [0.2, 0.25) is 0 Å². The van der Waals surface area contributed by atoms with Crippen molar-refractivity contribution in [2.24, 2.45) is 5.92 Å². The zero-order valence-electron chi connectivity index (χ0n) is 11.1. The van der Waals surface area contributed by atoms with Gasteiger partial charge in [0.1, 0.15) is 11.6 Å². The van der Waals surface area contributed by atoms with Gasteiger partial charge in [-0.15, -0.1) is 12.4 Å². The van der Waals surface area contributed by atoms with Crippen molar-refractivity contribution in [2.75, 3.05) is 19.6 Å². The lowest BCUT2D eigenvalue weighted by atomic mass is 10.0. The van der Waals surface area contributed by atoms with Crippen LogP contribution in [0.25, 0.3) is 0 Å². The molecule has 1 aliphatic heterocycles. The van der Waals surface area contributed by atoms with Crippen molar-refractivity contribution >= 4 is 18.3 Å².